The van der Waals surface area contributed by atoms with Crippen LogP contribution in [0.15, 0.2) is 10.1 Å². The molecule has 1 saturated heterocycles. The van der Waals surface area contributed by atoms with Gasteiger partial charge in [0, 0.05) is 39.1 Å². The number of hydrogen-bond donors (Lipinski definition) is 1. The molecule has 2 heterocycles. The Labute approximate surface area is 186 Å². The molecule has 156 valence electrons. The number of aliphatic imine (C=N–C) groups is 1. The summed E-state index contributed by atoms with van der Waals surface area (Å²) in [5.41, 5.74) is 0. The lowest BCUT2D eigenvalue weighted by atomic mass is 10.0. The number of nitrogens with one attached hydrogen (secondary N) is 1. The molecule has 6 nitrogen and oxygen atoms in total. The summed E-state index contributed by atoms with van der Waals surface area (Å²) in [7, 11) is 0. The van der Waals surface area contributed by atoms with E-state index in [0.717, 1.165) is 68.4 Å². The minimum atomic E-state index is 0. The standard InChI is InChI=1S/C19H36N6S.HI/c1-6-20-18(24-12-8-9-16(4)14-24)21-11-7-10-17-22-23-19(26-5)25(17)13-15(2)3;/h15-16H,6-14H2,1-5H3,(H,20,21);1H. The normalized spacial score (nSPS) is 17.9. The first-order valence-electron chi connectivity index (χ1n) is 10.0. The van der Waals surface area contributed by atoms with Crippen LogP contribution in [0.4, 0.5) is 0 Å². The Balaban J connectivity index is 0.00000364. The number of halogens is 1. The number of aryl methyl sites for hydroxylation is 1. The number of rotatable bonds is 8. The highest BCUT2D eigenvalue weighted by Gasteiger charge is 2.19. The molecule has 8 heteroatoms. The fourth-order valence-corrected chi connectivity index (χ4v) is 3.96. The first-order valence-corrected chi connectivity index (χ1v) is 11.3. The van der Waals surface area contributed by atoms with Gasteiger partial charge in [-0.1, -0.05) is 32.5 Å². The lowest BCUT2D eigenvalue weighted by molar-refractivity contribution is 0.266. The van der Waals surface area contributed by atoms with Crippen molar-refractivity contribution in [2.24, 2.45) is 16.8 Å². The maximum Gasteiger partial charge on any atom is 0.193 e. The van der Waals surface area contributed by atoms with Crippen LogP contribution in [-0.2, 0) is 13.0 Å². The number of thioether (sulfide) groups is 1. The van der Waals surface area contributed by atoms with Crippen LogP contribution in [0.3, 0.4) is 0 Å². The Morgan fingerprint density at radius 3 is 2.78 bits per heavy atom. The van der Waals surface area contributed by atoms with Crippen molar-refractivity contribution < 1.29 is 0 Å². The monoisotopic (exact) mass is 508 g/mol. The van der Waals surface area contributed by atoms with Gasteiger partial charge in [0.2, 0.25) is 0 Å². The summed E-state index contributed by atoms with van der Waals surface area (Å²) in [5.74, 6) is 3.52. The summed E-state index contributed by atoms with van der Waals surface area (Å²) < 4.78 is 2.27. The van der Waals surface area contributed by atoms with Gasteiger partial charge >= 0.3 is 0 Å². The summed E-state index contributed by atoms with van der Waals surface area (Å²) in [6.07, 6.45) is 6.60. The summed E-state index contributed by atoms with van der Waals surface area (Å²) >= 11 is 1.67. The Bertz CT molecular complexity index is 575. The predicted molar refractivity (Wildman–Crippen MR) is 126 cm³/mol. The average molecular weight is 509 g/mol. The molecule has 0 amide bonds. The number of likely N-dealkylation sites (tertiary alicyclic amines) is 1. The van der Waals surface area contributed by atoms with E-state index in [9.17, 15) is 0 Å². The number of aromatic nitrogens is 3. The van der Waals surface area contributed by atoms with E-state index in [4.69, 9.17) is 4.99 Å². The second-order valence-electron chi connectivity index (χ2n) is 7.64. The third-order valence-electron chi connectivity index (χ3n) is 4.64. The van der Waals surface area contributed by atoms with Gasteiger partial charge in [0.25, 0.3) is 0 Å². The molecule has 0 bridgehead atoms. The minimum absolute atomic E-state index is 0. The van der Waals surface area contributed by atoms with E-state index in [0.29, 0.717) is 5.92 Å². The van der Waals surface area contributed by atoms with Crippen LogP contribution >= 0.6 is 35.7 Å². The fourth-order valence-electron chi connectivity index (χ4n) is 3.43. The SMILES string of the molecule is CCNC(=NCCCc1nnc(SC)n1CC(C)C)N1CCCC(C)C1.I. The second-order valence-corrected chi connectivity index (χ2v) is 8.41. The highest BCUT2D eigenvalue weighted by Crippen LogP contribution is 2.17. The minimum Gasteiger partial charge on any atom is -0.357 e. The Hall–Kier alpha value is -0.510. The molecule has 2 rings (SSSR count). The van der Waals surface area contributed by atoms with Gasteiger partial charge in [0.05, 0.1) is 0 Å². The molecule has 0 spiro atoms. The van der Waals surface area contributed by atoms with Gasteiger partial charge in [-0.15, -0.1) is 34.2 Å². The largest absolute Gasteiger partial charge is 0.357 e. The van der Waals surface area contributed by atoms with Crippen molar-refractivity contribution >= 4 is 41.7 Å². The van der Waals surface area contributed by atoms with Crippen LogP contribution in [0.5, 0.6) is 0 Å². The third kappa shape index (κ3) is 7.79. The van der Waals surface area contributed by atoms with E-state index in [1.807, 2.05) is 0 Å². The molecule has 1 aromatic rings. The number of nitrogens with zero attached hydrogens (tertiary/aromatic N) is 5. The quantitative estimate of drug-likeness (QED) is 0.190. The van der Waals surface area contributed by atoms with E-state index in [1.165, 1.54) is 12.8 Å². The number of piperidine rings is 1. The maximum absolute atomic E-state index is 4.87. The van der Waals surface area contributed by atoms with Crippen molar-refractivity contribution in [1.82, 2.24) is 25.0 Å². The Morgan fingerprint density at radius 2 is 2.15 bits per heavy atom. The van der Waals surface area contributed by atoms with Crippen molar-refractivity contribution in [3.05, 3.63) is 5.82 Å². The smallest absolute Gasteiger partial charge is 0.193 e. The molecule has 1 unspecified atom stereocenters. The van der Waals surface area contributed by atoms with Gasteiger partial charge in [-0.05, 0) is 44.3 Å². The van der Waals surface area contributed by atoms with E-state index >= 15 is 0 Å². The average Bonchev–Trinajstić information content (AvgIpc) is 2.98. The predicted octanol–water partition coefficient (Wildman–Crippen LogP) is 3.90. The summed E-state index contributed by atoms with van der Waals surface area (Å²) in [6.45, 7) is 13.9. The van der Waals surface area contributed by atoms with Crippen LogP contribution in [0.25, 0.3) is 0 Å². The highest BCUT2D eigenvalue weighted by atomic mass is 127. The molecule has 1 aromatic heterocycles. The van der Waals surface area contributed by atoms with Crippen molar-refractivity contribution in [2.75, 3.05) is 32.4 Å². The summed E-state index contributed by atoms with van der Waals surface area (Å²) in [4.78, 5) is 7.29. The molecule has 27 heavy (non-hydrogen) atoms. The van der Waals surface area contributed by atoms with E-state index in [2.05, 4.69) is 58.9 Å². The molecule has 1 fully saturated rings. The first kappa shape index (κ1) is 24.5. The number of guanidine groups is 1. The zero-order valence-electron chi connectivity index (χ0n) is 17.6. The number of hydrogen-bond acceptors (Lipinski definition) is 4. The molecule has 1 aliphatic rings. The Kier molecular flexibility index (Phi) is 11.7. The molecule has 1 atom stereocenters. The van der Waals surface area contributed by atoms with E-state index < -0.39 is 0 Å². The van der Waals surface area contributed by atoms with Crippen LogP contribution in [-0.4, -0.2) is 58.1 Å². The van der Waals surface area contributed by atoms with Crippen molar-refractivity contribution in [2.45, 2.75) is 65.1 Å². The summed E-state index contributed by atoms with van der Waals surface area (Å²) in [6, 6.07) is 0. The molecule has 0 aliphatic carbocycles. The van der Waals surface area contributed by atoms with Crippen molar-refractivity contribution in [3.8, 4) is 0 Å². The van der Waals surface area contributed by atoms with E-state index in [1.54, 1.807) is 11.8 Å². The lowest BCUT2D eigenvalue weighted by Gasteiger charge is -2.33. The van der Waals surface area contributed by atoms with E-state index in [-0.39, 0.29) is 24.0 Å². The molecule has 1 aliphatic heterocycles. The van der Waals surface area contributed by atoms with Gasteiger partial charge in [-0.2, -0.15) is 0 Å². The second kappa shape index (κ2) is 12.9. The van der Waals surface area contributed by atoms with Crippen LogP contribution in [0.1, 0.15) is 52.8 Å². The molecule has 0 saturated carbocycles. The van der Waals surface area contributed by atoms with Crippen molar-refractivity contribution in [3.63, 3.8) is 0 Å². The van der Waals surface area contributed by atoms with Gasteiger partial charge < -0.3 is 14.8 Å². The van der Waals surface area contributed by atoms with Gasteiger partial charge in [0.15, 0.2) is 11.1 Å². The molecular weight excluding hydrogens is 471 g/mol. The van der Waals surface area contributed by atoms with Crippen molar-refractivity contribution in [1.29, 1.82) is 0 Å². The fraction of sp³-hybridized carbons (Fsp3) is 0.842. The van der Waals surface area contributed by atoms with Gasteiger partial charge in [-0.25, -0.2) is 0 Å². The van der Waals surface area contributed by atoms with Gasteiger partial charge in [0.1, 0.15) is 5.82 Å². The third-order valence-corrected chi connectivity index (χ3v) is 5.30. The first-order chi connectivity index (χ1) is 12.5. The zero-order chi connectivity index (χ0) is 18.9. The lowest BCUT2D eigenvalue weighted by Crippen LogP contribution is -2.46. The maximum atomic E-state index is 4.87. The summed E-state index contributed by atoms with van der Waals surface area (Å²) in [5, 5.41) is 13.2. The molecule has 1 N–H and O–H groups in total. The molecule has 0 aromatic carbocycles. The van der Waals surface area contributed by atoms with Crippen LogP contribution in [0.2, 0.25) is 0 Å². The molecular formula is C19H37IN6S. The van der Waals surface area contributed by atoms with Gasteiger partial charge in [-0.3, -0.25) is 4.99 Å². The topological polar surface area (TPSA) is 58.3 Å². The highest BCUT2D eigenvalue weighted by molar-refractivity contribution is 14.0. The molecule has 0 radical (unpaired) electrons. The van der Waals surface area contributed by atoms with Crippen LogP contribution < -0.4 is 5.32 Å². The van der Waals surface area contributed by atoms with Crippen LogP contribution in [0, 0.1) is 11.8 Å². The zero-order valence-corrected chi connectivity index (χ0v) is 20.7. The Morgan fingerprint density at radius 1 is 1.37 bits per heavy atom.